The van der Waals surface area contributed by atoms with Gasteiger partial charge in [0.2, 0.25) is 0 Å². The van der Waals surface area contributed by atoms with Gasteiger partial charge in [0.05, 0.1) is 20.8 Å². The largest absolute Gasteiger partial charge is 0.297 e. The van der Waals surface area contributed by atoms with Crippen LogP contribution in [-0.2, 0) is 10.0 Å². The number of hydrogen-bond acceptors (Lipinski definition) is 7. The first-order chi connectivity index (χ1) is 14.2. The number of hydrogen-bond donors (Lipinski definition) is 2. The van der Waals surface area contributed by atoms with E-state index in [-0.39, 0.29) is 14.9 Å². The highest BCUT2D eigenvalue weighted by atomic mass is 32.2. The summed E-state index contributed by atoms with van der Waals surface area (Å²) in [6.45, 7) is 3.59. The number of carbonyl (C=O) groups excluding carboxylic acids is 1. The van der Waals surface area contributed by atoms with Gasteiger partial charge in [-0.2, -0.15) is 0 Å². The standard InChI is InChI=1S/C19H15FN4O3S3/c1-10-3-8-14-15(9-10)28-18(22-14)23-17(25)16-11(2)21-19(29-16)24-30(26,27)13-6-4-12(20)5-7-13/h3-9H,1-2H3,(H,21,24)(H,22,23,25). The lowest BCUT2D eigenvalue weighted by molar-refractivity contribution is 0.103. The molecule has 0 saturated heterocycles. The van der Waals surface area contributed by atoms with Gasteiger partial charge in [-0.05, 0) is 55.8 Å². The van der Waals surface area contributed by atoms with Crippen LogP contribution in [0.2, 0.25) is 0 Å². The first-order valence-electron chi connectivity index (χ1n) is 8.66. The molecule has 0 unspecified atom stereocenters. The monoisotopic (exact) mass is 462 g/mol. The second-order valence-corrected chi connectivity index (χ2v) is 10.1. The van der Waals surface area contributed by atoms with Crippen molar-refractivity contribution in [3.05, 3.63) is 64.4 Å². The third kappa shape index (κ3) is 4.18. The normalized spacial score (nSPS) is 11.6. The molecule has 11 heteroatoms. The Labute approximate surface area is 179 Å². The summed E-state index contributed by atoms with van der Waals surface area (Å²) in [5, 5.41) is 3.23. The summed E-state index contributed by atoms with van der Waals surface area (Å²) in [6, 6.07) is 10.2. The van der Waals surface area contributed by atoms with Crippen LogP contribution >= 0.6 is 22.7 Å². The number of aryl methyl sites for hydroxylation is 2. The predicted molar refractivity (Wildman–Crippen MR) is 116 cm³/mol. The van der Waals surface area contributed by atoms with Gasteiger partial charge in [0.15, 0.2) is 10.3 Å². The summed E-state index contributed by atoms with van der Waals surface area (Å²) in [7, 11) is -3.95. The van der Waals surface area contributed by atoms with Crippen molar-refractivity contribution >= 4 is 59.1 Å². The number of carbonyl (C=O) groups is 1. The fraction of sp³-hybridized carbons (Fsp3) is 0.105. The molecule has 4 aromatic rings. The van der Waals surface area contributed by atoms with Gasteiger partial charge in [-0.3, -0.25) is 14.8 Å². The molecule has 0 bridgehead atoms. The smallest absolute Gasteiger partial charge is 0.269 e. The first-order valence-corrected chi connectivity index (χ1v) is 11.8. The van der Waals surface area contributed by atoms with Crippen molar-refractivity contribution < 1.29 is 17.6 Å². The molecule has 2 heterocycles. The quantitative estimate of drug-likeness (QED) is 0.453. The van der Waals surface area contributed by atoms with Crippen LogP contribution in [0.3, 0.4) is 0 Å². The summed E-state index contributed by atoms with van der Waals surface area (Å²) in [5.74, 6) is -0.962. The highest BCUT2D eigenvalue weighted by Crippen LogP contribution is 2.29. The van der Waals surface area contributed by atoms with Gasteiger partial charge in [-0.1, -0.05) is 28.7 Å². The van der Waals surface area contributed by atoms with E-state index in [1.54, 1.807) is 6.92 Å². The molecule has 2 aromatic carbocycles. The third-order valence-electron chi connectivity index (χ3n) is 4.11. The van der Waals surface area contributed by atoms with E-state index in [4.69, 9.17) is 0 Å². The molecular weight excluding hydrogens is 447 g/mol. The minimum Gasteiger partial charge on any atom is -0.297 e. The molecule has 154 valence electrons. The SMILES string of the molecule is Cc1ccc2nc(NC(=O)c3sc(NS(=O)(=O)c4ccc(F)cc4)nc3C)sc2c1. The lowest BCUT2D eigenvalue weighted by Gasteiger charge is -2.04. The number of halogens is 1. The van der Waals surface area contributed by atoms with Crippen LogP contribution < -0.4 is 10.0 Å². The number of aromatic nitrogens is 2. The number of amides is 1. The number of rotatable bonds is 5. The third-order valence-corrected chi connectivity index (χ3v) is 7.60. The van der Waals surface area contributed by atoms with Crippen molar-refractivity contribution in [1.82, 2.24) is 9.97 Å². The lowest BCUT2D eigenvalue weighted by atomic mass is 10.2. The predicted octanol–water partition coefficient (Wildman–Crippen LogP) is 4.56. The van der Waals surface area contributed by atoms with Crippen molar-refractivity contribution in [2.24, 2.45) is 0 Å². The summed E-state index contributed by atoms with van der Waals surface area (Å²) < 4.78 is 41.2. The summed E-state index contributed by atoms with van der Waals surface area (Å²) in [4.78, 5) is 21.4. The molecule has 4 rings (SSSR count). The van der Waals surface area contributed by atoms with Gasteiger partial charge in [0.1, 0.15) is 10.7 Å². The Morgan fingerprint density at radius 2 is 1.73 bits per heavy atom. The average molecular weight is 463 g/mol. The highest BCUT2D eigenvalue weighted by molar-refractivity contribution is 7.93. The molecule has 7 nitrogen and oxygen atoms in total. The fourth-order valence-corrected chi connectivity index (χ4v) is 5.73. The van der Waals surface area contributed by atoms with E-state index >= 15 is 0 Å². The molecular formula is C19H15FN4O3S3. The summed E-state index contributed by atoms with van der Waals surface area (Å²) >= 11 is 2.26. The van der Waals surface area contributed by atoms with Crippen molar-refractivity contribution in [3.8, 4) is 0 Å². The van der Waals surface area contributed by atoms with Gasteiger partial charge in [-0.15, -0.1) is 0 Å². The Hall–Kier alpha value is -2.89. The molecule has 0 aliphatic rings. The van der Waals surface area contributed by atoms with Crippen molar-refractivity contribution in [2.75, 3.05) is 10.0 Å². The van der Waals surface area contributed by atoms with Gasteiger partial charge in [-0.25, -0.2) is 22.8 Å². The van der Waals surface area contributed by atoms with E-state index < -0.39 is 21.7 Å². The maximum absolute atomic E-state index is 13.0. The summed E-state index contributed by atoms with van der Waals surface area (Å²) in [5.41, 5.74) is 2.27. The second-order valence-electron chi connectivity index (χ2n) is 6.44. The number of nitrogens with zero attached hydrogens (tertiary/aromatic N) is 2. The Morgan fingerprint density at radius 1 is 1.00 bits per heavy atom. The van der Waals surface area contributed by atoms with Crippen molar-refractivity contribution in [2.45, 2.75) is 18.7 Å². The van der Waals surface area contributed by atoms with Gasteiger partial charge < -0.3 is 0 Å². The minimum atomic E-state index is -3.95. The van der Waals surface area contributed by atoms with E-state index in [0.717, 1.165) is 51.4 Å². The van der Waals surface area contributed by atoms with Crippen molar-refractivity contribution in [3.63, 3.8) is 0 Å². The number of anilines is 2. The molecule has 30 heavy (non-hydrogen) atoms. The topological polar surface area (TPSA) is 101 Å². The molecule has 1 amide bonds. The fourth-order valence-electron chi connectivity index (χ4n) is 2.68. The Balaban J connectivity index is 1.54. The Bertz CT molecular complexity index is 1360. The van der Waals surface area contributed by atoms with Crippen molar-refractivity contribution in [1.29, 1.82) is 0 Å². The zero-order chi connectivity index (χ0) is 21.5. The number of benzene rings is 2. The first kappa shape index (κ1) is 20.4. The number of sulfonamides is 1. The zero-order valence-corrected chi connectivity index (χ0v) is 18.2. The van der Waals surface area contributed by atoms with Crippen LogP contribution in [-0.4, -0.2) is 24.3 Å². The van der Waals surface area contributed by atoms with Crippen LogP contribution in [0.5, 0.6) is 0 Å². The van der Waals surface area contributed by atoms with Crippen LogP contribution in [0.1, 0.15) is 20.9 Å². The van der Waals surface area contributed by atoms with Gasteiger partial charge in [0.25, 0.3) is 15.9 Å². The van der Waals surface area contributed by atoms with E-state index in [9.17, 15) is 17.6 Å². The van der Waals surface area contributed by atoms with E-state index in [1.807, 2.05) is 25.1 Å². The molecule has 0 fully saturated rings. The van der Waals surface area contributed by atoms with Gasteiger partial charge >= 0.3 is 0 Å². The Morgan fingerprint density at radius 3 is 2.47 bits per heavy atom. The van der Waals surface area contributed by atoms with E-state index in [0.29, 0.717) is 10.8 Å². The van der Waals surface area contributed by atoms with Crippen LogP contribution in [0.25, 0.3) is 10.2 Å². The molecule has 0 aliphatic carbocycles. The summed E-state index contributed by atoms with van der Waals surface area (Å²) in [6.07, 6.45) is 0. The second kappa shape index (κ2) is 7.74. The Kier molecular flexibility index (Phi) is 5.26. The maximum Gasteiger partial charge on any atom is 0.269 e. The molecule has 0 aliphatic heterocycles. The molecule has 0 spiro atoms. The number of fused-ring (bicyclic) bond motifs is 1. The van der Waals surface area contributed by atoms with Crippen LogP contribution in [0.4, 0.5) is 14.7 Å². The lowest BCUT2D eigenvalue weighted by Crippen LogP contribution is -2.12. The molecule has 2 aromatic heterocycles. The number of thiazole rings is 2. The molecule has 0 radical (unpaired) electrons. The van der Waals surface area contributed by atoms with Crippen LogP contribution in [0.15, 0.2) is 47.4 Å². The molecule has 2 N–H and O–H groups in total. The van der Waals surface area contributed by atoms with E-state index in [1.165, 1.54) is 11.3 Å². The number of nitrogens with one attached hydrogen (secondary N) is 2. The molecule has 0 saturated carbocycles. The highest BCUT2D eigenvalue weighted by Gasteiger charge is 2.21. The van der Waals surface area contributed by atoms with Crippen LogP contribution in [0, 0.1) is 19.7 Å². The molecule has 0 atom stereocenters. The van der Waals surface area contributed by atoms with E-state index in [2.05, 4.69) is 20.0 Å². The zero-order valence-electron chi connectivity index (χ0n) is 15.8. The maximum atomic E-state index is 13.0. The average Bonchev–Trinajstić information content (AvgIpc) is 3.23. The minimum absolute atomic E-state index is 0.0434. The van der Waals surface area contributed by atoms with Gasteiger partial charge in [0, 0.05) is 0 Å².